The molecule has 0 aliphatic carbocycles. The molecule has 1 unspecified atom stereocenters. The van der Waals surface area contributed by atoms with Gasteiger partial charge in [0.15, 0.2) is 0 Å². The van der Waals surface area contributed by atoms with Gasteiger partial charge in [-0.3, -0.25) is 4.79 Å². The molecule has 1 aromatic carbocycles. The number of ether oxygens (including phenoxy) is 2. The van der Waals surface area contributed by atoms with Gasteiger partial charge in [-0.05, 0) is 18.4 Å². The molecule has 5 heteroatoms. The van der Waals surface area contributed by atoms with Crippen LogP contribution >= 0.6 is 24.0 Å². The van der Waals surface area contributed by atoms with Crippen molar-refractivity contribution in [3.8, 4) is 0 Å². The molecule has 22 heavy (non-hydrogen) atoms. The smallest absolute Gasteiger partial charge is 0.324 e. The molecule has 1 rings (SSSR count). The summed E-state index contributed by atoms with van der Waals surface area (Å²) in [6.07, 6.45) is 4.26. The van der Waals surface area contributed by atoms with Gasteiger partial charge < -0.3 is 9.47 Å². The second-order valence-electron chi connectivity index (χ2n) is 4.90. The van der Waals surface area contributed by atoms with E-state index >= 15 is 0 Å². The molecule has 3 nitrogen and oxygen atoms in total. The molecule has 0 saturated carbocycles. The standard InChI is InChI=1S/C17H24O3S2/c1-3-4-6-11-15(21)22-16(14-9-7-5-8-10-14)17(18)20-13-12-19-2/h5,7-10,16H,3-4,6,11-13H2,1-2H3. The fraction of sp³-hybridized carbons (Fsp3) is 0.529. The maximum Gasteiger partial charge on any atom is 0.324 e. The molecule has 0 heterocycles. The number of esters is 1. The van der Waals surface area contributed by atoms with E-state index in [1.807, 2.05) is 30.3 Å². The Kier molecular flexibility index (Phi) is 10.1. The minimum atomic E-state index is -0.396. The third-order valence-corrected chi connectivity index (χ3v) is 4.74. The second-order valence-corrected chi connectivity index (χ2v) is 6.85. The van der Waals surface area contributed by atoms with Gasteiger partial charge in [0, 0.05) is 11.3 Å². The average molecular weight is 341 g/mol. The molecule has 0 amide bonds. The van der Waals surface area contributed by atoms with E-state index in [1.54, 1.807) is 7.11 Å². The Morgan fingerprint density at radius 3 is 2.59 bits per heavy atom. The van der Waals surface area contributed by atoms with Gasteiger partial charge in [-0.2, -0.15) is 0 Å². The number of carbonyl (C=O) groups is 1. The van der Waals surface area contributed by atoms with Crippen LogP contribution in [0.25, 0.3) is 0 Å². The number of thiocarbonyl (C=S) groups is 1. The lowest BCUT2D eigenvalue weighted by molar-refractivity contribution is -0.144. The first kappa shape index (κ1) is 19.1. The molecule has 0 fully saturated rings. The number of benzene rings is 1. The van der Waals surface area contributed by atoms with Gasteiger partial charge in [-0.15, -0.1) is 0 Å². The summed E-state index contributed by atoms with van der Waals surface area (Å²) in [7, 11) is 1.58. The highest BCUT2D eigenvalue weighted by Gasteiger charge is 2.24. The first-order chi connectivity index (χ1) is 10.7. The summed E-state index contributed by atoms with van der Waals surface area (Å²) in [6, 6.07) is 9.64. The summed E-state index contributed by atoms with van der Waals surface area (Å²) in [5.41, 5.74) is 0.924. The molecule has 0 spiro atoms. The highest BCUT2D eigenvalue weighted by molar-refractivity contribution is 8.23. The van der Waals surface area contributed by atoms with Crippen LogP contribution in [0.2, 0.25) is 0 Å². The Bertz CT molecular complexity index is 448. The SMILES string of the molecule is CCCCCC(=S)SC(C(=O)OCCOC)c1ccccc1. The molecule has 0 aliphatic rings. The van der Waals surface area contributed by atoms with Crippen molar-refractivity contribution in [2.45, 2.75) is 37.9 Å². The molecule has 122 valence electrons. The van der Waals surface area contributed by atoms with Crippen molar-refractivity contribution in [2.24, 2.45) is 0 Å². The van der Waals surface area contributed by atoms with Crippen LogP contribution in [0, 0.1) is 0 Å². The molecule has 1 atom stereocenters. The number of rotatable bonds is 10. The second kappa shape index (κ2) is 11.6. The van der Waals surface area contributed by atoms with Gasteiger partial charge in [-0.1, -0.05) is 74.1 Å². The summed E-state index contributed by atoms with van der Waals surface area (Å²) >= 11 is 6.86. The molecule has 0 aliphatic heterocycles. The van der Waals surface area contributed by atoms with E-state index < -0.39 is 5.25 Å². The summed E-state index contributed by atoms with van der Waals surface area (Å²) < 4.78 is 11.1. The van der Waals surface area contributed by atoms with E-state index in [2.05, 4.69) is 6.92 Å². The summed E-state index contributed by atoms with van der Waals surface area (Å²) in [4.78, 5) is 12.3. The zero-order valence-corrected chi connectivity index (χ0v) is 14.9. The maximum atomic E-state index is 12.3. The third kappa shape index (κ3) is 7.38. The van der Waals surface area contributed by atoms with Gasteiger partial charge in [0.25, 0.3) is 0 Å². The lowest BCUT2D eigenvalue weighted by Crippen LogP contribution is -2.17. The van der Waals surface area contributed by atoms with Gasteiger partial charge in [0.2, 0.25) is 0 Å². The predicted octanol–water partition coefficient (Wildman–Crippen LogP) is 4.56. The van der Waals surface area contributed by atoms with Gasteiger partial charge in [0.1, 0.15) is 11.9 Å². The normalized spacial score (nSPS) is 11.9. The van der Waals surface area contributed by atoms with Crippen LogP contribution in [0.15, 0.2) is 30.3 Å². The number of hydrogen-bond acceptors (Lipinski definition) is 5. The van der Waals surface area contributed by atoms with Crippen LogP contribution in [0.3, 0.4) is 0 Å². The van der Waals surface area contributed by atoms with E-state index in [0.717, 1.165) is 35.4 Å². The van der Waals surface area contributed by atoms with Crippen LogP contribution in [-0.4, -0.2) is 30.5 Å². The van der Waals surface area contributed by atoms with Crippen molar-refractivity contribution in [1.82, 2.24) is 0 Å². The van der Waals surface area contributed by atoms with Crippen LogP contribution in [0.4, 0.5) is 0 Å². The minimum Gasteiger partial charge on any atom is -0.462 e. The molecule has 0 N–H and O–H groups in total. The quantitative estimate of drug-likeness (QED) is 0.354. The average Bonchev–Trinajstić information content (AvgIpc) is 2.54. The first-order valence-corrected chi connectivity index (χ1v) is 8.87. The highest BCUT2D eigenvalue weighted by atomic mass is 32.2. The van der Waals surface area contributed by atoms with Crippen molar-refractivity contribution >= 4 is 34.1 Å². The van der Waals surface area contributed by atoms with Crippen LogP contribution in [0.5, 0.6) is 0 Å². The van der Waals surface area contributed by atoms with Crippen molar-refractivity contribution in [2.75, 3.05) is 20.3 Å². The Morgan fingerprint density at radius 1 is 1.23 bits per heavy atom. The lowest BCUT2D eigenvalue weighted by atomic mass is 10.1. The lowest BCUT2D eigenvalue weighted by Gasteiger charge is -2.16. The Morgan fingerprint density at radius 2 is 1.95 bits per heavy atom. The summed E-state index contributed by atoms with van der Waals surface area (Å²) in [5, 5.41) is -0.396. The fourth-order valence-corrected chi connectivity index (χ4v) is 3.31. The topological polar surface area (TPSA) is 35.5 Å². The van der Waals surface area contributed by atoms with Crippen molar-refractivity contribution < 1.29 is 14.3 Å². The largest absolute Gasteiger partial charge is 0.462 e. The maximum absolute atomic E-state index is 12.3. The fourth-order valence-electron chi connectivity index (χ4n) is 1.89. The monoisotopic (exact) mass is 340 g/mol. The highest BCUT2D eigenvalue weighted by Crippen LogP contribution is 2.32. The Labute approximate surface area is 142 Å². The van der Waals surface area contributed by atoms with E-state index in [9.17, 15) is 4.79 Å². The molecule has 0 radical (unpaired) electrons. The van der Waals surface area contributed by atoms with Crippen molar-refractivity contribution in [3.63, 3.8) is 0 Å². The molecular formula is C17H24O3S2. The zero-order valence-electron chi connectivity index (χ0n) is 13.2. The Hall–Kier alpha value is -0.910. The number of thioether (sulfide) groups is 1. The summed E-state index contributed by atoms with van der Waals surface area (Å²) in [5.74, 6) is -0.258. The van der Waals surface area contributed by atoms with E-state index in [0.29, 0.717) is 6.61 Å². The van der Waals surface area contributed by atoms with Gasteiger partial charge in [-0.25, -0.2) is 0 Å². The number of methoxy groups -OCH3 is 1. The van der Waals surface area contributed by atoms with Crippen molar-refractivity contribution in [3.05, 3.63) is 35.9 Å². The van der Waals surface area contributed by atoms with E-state index in [1.165, 1.54) is 11.8 Å². The number of hydrogen-bond donors (Lipinski definition) is 0. The number of unbranched alkanes of at least 4 members (excludes halogenated alkanes) is 2. The molecule has 0 aromatic heterocycles. The Balaban J connectivity index is 2.66. The van der Waals surface area contributed by atoms with Crippen molar-refractivity contribution in [1.29, 1.82) is 0 Å². The van der Waals surface area contributed by atoms with E-state index in [4.69, 9.17) is 21.7 Å². The molecular weight excluding hydrogens is 316 g/mol. The van der Waals surface area contributed by atoms with Crippen LogP contribution < -0.4 is 0 Å². The third-order valence-electron chi connectivity index (χ3n) is 3.08. The number of carbonyl (C=O) groups excluding carboxylic acids is 1. The zero-order chi connectivity index (χ0) is 16.2. The van der Waals surface area contributed by atoms with E-state index in [-0.39, 0.29) is 12.6 Å². The van der Waals surface area contributed by atoms with Gasteiger partial charge >= 0.3 is 5.97 Å². The molecule has 1 aromatic rings. The summed E-state index contributed by atoms with van der Waals surface area (Å²) in [6.45, 7) is 2.83. The molecule has 0 bridgehead atoms. The predicted molar refractivity (Wildman–Crippen MR) is 96.3 cm³/mol. The minimum absolute atomic E-state index is 0.258. The van der Waals surface area contributed by atoms with Crippen LogP contribution in [-0.2, 0) is 14.3 Å². The van der Waals surface area contributed by atoms with Crippen LogP contribution in [0.1, 0.15) is 43.4 Å². The molecule has 0 saturated heterocycles. The van der Waals surface area contributed by atoms with Gasteiger partial charge in [0.05, 0.1) is 6.61 Å². The first-order valence-electron chi connectivity index (χ1n) is 7.59.